The molecule has 0 aliphatic carbocycles. The molecule has 0 saturated carbocycles. The average Bonchev–Trinajstić information content (AvgIpc) is 3.13. The lowest BCUT2D eigenvalue weighted by Gasteiger charge is -2.28. The van der Waals surface area contributed by atoms with Gasteiger partial charge in [0.2, 0.25) is 10.6 Å². The zero-order valence-corrected chi connectivity index (χ0v) is 16.4. The molecule has 2 aromatic heterocycles. The van der Waals surface area contributed by atoms with Gasteiger partial charge in [0.15, 0.2) is 0 Å². The van der Waals surface area contributed by atoms with Gasteiger partial charge < -0.3 is 4.90 Å². The summed E-state index contributed by atoms with van der Waals surface area (Å²) < 4.78 is 1.75. The summed E-state index contributed by atoms with van der Waals surface area (Å²) in [7, 11) is 0. The van der Waals surface area contributed by atoms with Gasteiger partial charge in [0.25, 0.3) is 5.69 Å². The molecule has 0 unspecified atom stereocenters. The van der Waals surface area contributed by atoms with E-state index in [1.807, 2.05) is 12.1 Å². The van der Waals surface area contributed by atoms with Gasteiger partial charge in [0.05, 0.1) is 11.1 Å². The van der Waals surface area contributed by atoms with E-state index in [2.05, 4.69) is 25.2 Å². The molecule has 148 valence electrons. The summed E-state index contributed by atoms with van der Waals surface area (Å²) in [6.07, 6.45) is 6.46. The number of nitro groups is 1. The molecule has 4 rings (SSSR count). The Kier molecular flexibility index (Phi) is 5.43. The highest BCUT2D eigenvalue weighted by atomic mass is 32.1. The van der Waals surface area contributed by atoms with Gasteiger partial charge in [-0.2, -0.15) is 14.9 Å². The molecule has 3 heterocycles. The molecule has 29 heavy (non-hydrogen) atoms. The summed E-state index contributed by atoms with van der Waals surface area (Å²) >= 11 is 5.25. The molecule has 3 aromatic rings. The second-order valence-electron chi connectivity index (χ2n) is 6.68. The number of nitro benzene ring substituents is 1. The number of rotatable bonds is 5. The Balaban J connectivity index is 1.66. The van der Waals surface area contributed by atoms with E-state index in [0.29, 0.717) is 27.5 Å². The van der Waals surface area contributed by atoms with Crippen molar-refractivity contribution in [3.05, 3.63) is 63.0 Å². The number of H-pyrrole nitrogens is 1. The number of piperidine rings is 1. The Bertz CT molecular complexity index is 1100. The van der Waals surface area contributed by atoms with Gasteiger partial charge in [0, 0.05) is 30.9 Å². The minimum absolute atomic E-state index is 0.0802. The van der Waals surface area contributed by atoms with Crippen LogP contribution in [0.4, 0.5) is 11.4 Å². The van der Waals surface area contributed by atoms with Gasteiger partial charge in [-0.15, -0.1) is 0 Å². The van der Waals surface area contributed by atoms with E-state index >= 15 is 0 Å². The minimum Gasteiger partial charge on any atom is -0.366 e. The van der Waals surface area contributed by atoms with Gasteiger partial charge >= 0.3 is 0 Å². The van der Waals surface area contributed by atoms with E-state index < -0.39 is 0 Å². The van der Waals surface area contributed by atoms with Crippen molar-refractivity contribution in [3.63, 3.8) is 0 Å². The van der Waals surface area contributed by atoms with Crippen molar-refractivity contribution in [1.82, 2.24) is 19.9 Å². The van der Waals surface area contributed by atoms with Gasteiger partial charge in [0.1, 0.15) is 11.4 Å². The van der Waals surface area contributed by atoms with E-state index in [9.17, 15) is 10.1 Å². The Morgan fingerprint density at radius 2 is 2.03 bits per heavy atom. The van der Waals surface area contributed by atoms with Gasteiger partial charge in [-0.1, -0.05) is 12.1 Å². The van der Waals surface area contributed by atoms with Crippen LogP contribution in [0.2, 0.25) is 0 Å². The predicted octanol–water partition coefficient (Wildman–Crippen LogP) is 3.78. The van der Waals surface area contributed by atoms with E-state index in [0.717, 1.165) is 25.9 Å². The number of hydrogen-bond donors (Lipinski definition) is 1. The molecular weight excluding hydrogens is 390 g/mol. The summed E-state index contributed by atoms with van der Waals surface area (Å²) in [5.74, 6) is 0.464. The van der Waals surface area contributed by atoms with Gasteiger partial charge in [-0.05, 0) is 49.7 Å². The van der Waals surface area contributed by atoms with Crippen LogP contribution >= 0.6 is 12.2 Å². The van der Waals surface area contributed by atoms with Crippen LogP contribution in [0.25, 0.3) is 11.5 Å². The highest BCUT2D eigenvalue weighted by molar-refractivity contribution is 7.71. The van der Waals surface area contributed by atoms with Crippen molar-refractivity contribution in [2.75, 3.05) is 18.0 Å². The van der Waals surface area contributed by atoms with Crippen LogP contribution in [0.15, 0.2) is 47.7 Å². The molecule has 0 amide bonds. The lowest BCUT2D eigenvalue weighted by Crippen LogP contribution is -2.29. The van der Waals surface area contributed by atoms with Crippen molar-refractivity contribution in [3.8, 4) is 11.5 Å². The highest BCUT2D eigenvalue weighted by Gasteiger charge is 2.21. The van der Waals surface area contributed by atoms with Crippen LogP contribution < -0.4 is 4.90 Å². The van der Waals surface area contributed by atoms with E-state index in [1.54, 1.807) is 24.4 Å². The zero-order valence-electron chi connectivity index (χ0n) is 15.6. The molecule has 1 aromatic carbocycles. The van der Waals surface area contributed by atoms with Gasteiger partial charge in [-0.3, -0.25) is 15.1 Å². The summed E-state index contributed by atoms with van der Waals surface area (Å²) in [6.45, 7) is 1.68. The maximum absolute atomic E-state index is 11.6. The molecule has 1 N–H and O–H groups in total. The summed E-state index contributed by atoms with van der Waals surface area (Å²) in [6, 6.07) is 10.6. The lowest BCUT2D eigenvalue weighted by atomic mass is 10.1. The molecule has 0 atom stereocenters. The summed E-state index contributed by atoms with van der Waals surface area (Å²) in [4.78, 5) is 17.6. The number of aromatic nitrogens is 4. The second-order valence-corrected chi connectivity index (χ2v) is 7.06. The third-order valence-corrected chi connectivity index (χ3v) is 5.02. The SMILES string of the molecule is O=[N+]([O-])c1cc(/C=N\n2c(-c3ccccn3)n[nH]c2=S)ccc1N1CCCCC1. The van der Waals surface area contributed by atoms with E-state index in [4.69, 9.17) is 12.2 Å². The number of benzene rings is 1. The molecule has 0 radical (unpaired) electrons. The Hall–Kier alpha value is -3.40. The second kappa shape index (κ2) is 8.31. The van der Waals surface area contributed by atoms with Crippen LogP contribution in [0, 0.1) is 14.9 Å². The first kappa shape index (κ1) is 18.9. The van der Waals surface area contributed by atoms with Gasteiger partial charge in [-0.25, -0.2) is 5.10 Å². The molecule has 1 fully saturated rings. The zero-order chi connectivity index (χ0) is 20.2. The van der Waals surface area contributed by atoms with Crippen LogP contribution in [-0.4, -0.2) is 44.1 Å². The summed E-state index contributed by atoms with van der Waals surface area (Å²) in [5.41, 5.74) is 1.95. The third kappa shape index (κ3) is 4.06. The van der Waals surface area contributed by atoms with Crippen LogP contribution in [0.3, 0.4) is 0 Å². The molecule has 0 bridgehead atoms. The Morgan fingerprint density at radius 3 is 2.76 bits per heavy atom. The number of nitrogens with one attached hydrogen (secondary N) is 1. The first-order chi connectivity index (χ1) is 14.1. The van der Waals surface area contributed by atoms with E-state index in [-0.39, 0.29) is 10.6 Å². The van der Waals surface area contributed by atoms with Crippen molar-refractivity contribution >= 4 is 29.8 Å². The fraction of sp³-hybridized carbons (Fsp3) is 0.263. The molecule has 1 aliphatic rings. The fourth-order valence-electron chi connectivity index (χ4n) is 3.35. The Labute approximate surface area is 171 Å². The molecular formula is C19H19N7O2S. The maximum atomic E-state index is 11.6. The molecule has 10 heteroatoms. The number of nitrogens with zero attached hydrogens (tertiary/aromatic N) is 6. The monoisotopic (exact) mass is 409 g/mol. The van der Waals surface area contributed by atoms with Crippen LogP contribution in [0.5, 0.6) is 0 Å². The minimum atomic E-state index is -0.343. The lowest BCUT2D eigenvalue weighted by molar-refractivity contribution is -0.384. The predicted molar refractivity (Wildman–Crippen MR) is 113 cm³/mol. The Morgan fingerprint density at radius 1 is 1.21 bits per heavy atom. The standard InChI is InChI=1S/C19H19N7O2S/c27-26(28)17-12-14(7-8-16(17)24-10-4-1-5-11-24)13-21-25-18(22-23-19(25)29)15-6-2-3-9-20-15/h2-3,6-9,12-13H,1,4-5,10-11H2,(H,23,29)/b21-13-. The smallest absolute Gasteiger partial charge is 0.293 e. The molecule has 1 aliphatic heterocycles. The first-order valence-corrected chi connectivity index (χ1v) is 9.71. The maximum Gasteiger partial charge on any atom is 0.293 e. The average molecular weight is 409 g/mol. The normalized spacial score (nSPS) is 14.4. The fourth-order valence-corrected chi connectivity index (χ4v) is 3.53. The van der Waals surface area contributed by atoms with Crippen molar-refractivity contribution < 1.29 is 4.92 Å². The van der Waals surface area contributed by atoms with Crippen molar-refractivity contribution in [2.45, 2.75) is 19.3 Å². The van der Waals surface area contributed by atoms with Crippen molar-refractivity contribution in [1.29, 1.82) is 0 Å². The van der Waals surface area contributed by atoms with Crippen LogP contribution in [-0.2, 0) is 0 Å². The topological polar surface area (TPSA) is 105 Å². The first-order valence-electron chi connectivity index (χ1n) is 9.30. The van der Waals surface area contributed by atoms with E-state index in [1.165, 1.54) is 23.4 Å². The third-order valence-electron chi connectivity index (χ3n) is 4.76. The summed E-state index contributed by atoms with van der Waals surface area (Å²) in [5, 5.41) is 22.9. The number of pyridine rings is 1. The largest absolute Gasteiger partial charge is 0.366 e. The molecule has 0 spiro atoms. The number of anilines is 1. The molecule has 1 saturated heterocycles. The van der Waals surface area contributed by atoms with Crippen LogP contribution in [0.1, 0.15) is 24.8 Å². The number of aromatic amines is 1. The quantitative estimate of drug-likeness (QED) is 0.297. The highest BCUT2D eigenvalue weighted by Crippen LogP contribution is 2.31. The molecule has 9 nitrogen and oxygen atoms in total. The van der Waals surface area contributed by atoms with Crippen molar-refractivity contribution in [2.24, 2.45) is 5.10 Å². The number of hydrogen-bond acceptors (Lipinski definition) is 7.